The second-order valence-corrected chi connectivity index (χ2v) is 4.96. The summed E-state index contributed by atoms with van der Waals surface area (Å²) >= 11 is 0. The van der Waals surface area contributed by atoms with Crippen molar-refractivity contribution in [3.8, 4) is 11.6 Å². The average Bonchev–Trinajstić information content (AvgIpc) is 2.84. The van der Waals surface area contributed by atoms with Crippen molar-refractivity contribution in [1.29, 1.82) is 0 Å². The van der Waals surface area contributed by atoms with Crippen molar-refractivity contribution in [2.45, 2.75) is 26.2 Å². The SMILES string of the molecule is Cc1nc(N)nc(Oc2ccc3c(c2)CCC3)c1[N+](=O)[O-]. The van der Waals surface area contributed by atoms with Crippen LogP contribution in [0.5, 0.6) is 11.6 Å². The second-order valence-electron chi connectivity index (χ2n) is 4.96. The number of nitro groups is 1. The Labute approximate surface area is 120 Å². The monoisotopic (exact) mass is 286 g/mol. The van der Waals surface area contributed by atoms with Gasteiger partial charge < -0.3 is 10.5 Å². The summed E-state index contributed by atoms with van der Waals surface area (Å²) in [4.78, 5) is 18.2. The number of aryl methyl sites for hydroxylation is 3. The molecule has 1 aromatic heterocycles. The summed E-state index contributed by atoms with van der Waals surface area (Å²) in [5.74, 6) is 0.355. The third-order valence-corrected chi connectivity index (χ3v) is 3.51. The summed E-state index contributed by atoms with van der Waals surface area (Å²) in [6.45, 7) is 1.51. The Hall–Kier alpha value is -2.70. The smallest absolute Gasteiger partial charge is 0.352 e. The molecule has 0 atom stereocenters. The molecule has 0 spiro atoms. The molecule has 1 aliphatic carbocycles. The summed E-state index contributed by atoms with van der Waals surface area (Å²) in [7, 11) is 0. The average molecular weight is 286 g/mol. The summed E-state index contributed by atoms with van der Waals surface area (Å²) in [6.07, 6.45) is 3.19. The highest BCUT2D eigenvalue weighted by Crippen LogP contribution is 2.34. The minimum atomic E-state index is -0.558. The van der Waals surface area contributed by atoms with E-state index >= 15 is 0 Å². The van der Waals surface area contributed by atoms with Crippen molar-refractivity contribution in [2.75, 3.05) is 5.73 Å². The van der Waals surface area contributed by atoms with Crippen LogP contribution in [0.2, 0.25) is 0 Å². The summed E-state index contributed by atoms with van der Waals surface area (Å²) in [6, 6.07) is 5.68. The third-order valence-electron chi connectivity index (χ3n) is 3.51. The van der Waals surface area contributed by atoms with Crippen LogP contribution in [0.4, 0.5) is 11.6 Å². The van der Waals surface area contributed by atoms with Crippen molar-refractivity contribution in [3.63, 3.8) is 0 Å². The number of nitrogen functional groups attached to an aromatic ring is 1. The Kier molecular flexibility index (Phi) is 3.17. The van der Waals surface area contributed by atoms with E-state index in [1.165, 1.54) is 18.1 Å². The first-order valence-corrected chi connectivity index (χ1v) is 6.63. The largest absolute Gasteiger partial charge is 0.434 e. The number of ether oxygens (including phenoxy) is 1. The van der Waals surface area contributed by atoms with Gasteiger partial charge in [-0.05, 0) is 49.4 Å². The molecule has 0 radical (unpaired) electrons. The lowest BCUT2D eigenvalue weighted by Crippen LogP contribution is -2.04. The van der Waals surface area contributed by atoms with Gasteiger partial charge in [-0.15, -0.1) is 0 Å². The number of fused-ring (bicyclic) bond motifs is 1. The van der Waals surface area contributed by atoms with Crippen LogP contribution in [0.25, 0.3) is 0 Å². The molecule has 1 aliphatic rings. The first-order valence-electron chi connectivity index (χ1n) is 6.63. The first-order chi connectivity index (χ1) is 10.0. The molecule has 0 amide bonds. The van der Waals surface area contributed by atoms with Gasteiger partial charge in [-0.2, -0.15) is 4.98 Å². The standard InChI is InChI=1S/C14H14N4O3/c1-8-12(18(19)20)13(17-14(15)16-8)21-11-6-5-9-3-2-4-10(9)7-11/h5-7H,2-4H2,1H3,(H2,15,16,17). The van der Waals surface area contributed by atoms with Crippen molar-refractivity contribution in [1.82, 2.24) is 9.97 Å². The fraction of sp³-hybridized carbons (Fsp3) is 0.286. The van der Waals surface area contributed by atoms with E-state index in [-0.39, 0.29) is 23.2 Å². The normalized spacial score (nSPS) is 13.0. The number of hydrogen-bond acceptors (Lipinski definition) is 6. The van der Waals surface area contributed by atoms with E-state index < -0.39 is 4.92 Å². The maximum atomic E-state index is 11.1. The van der Waals surface area contributed by atoms with Crippen molar-refractivity contribution in [3.05, 3.63) is 45.1 Å². The van der Waals surface area contributed by atoms with Crippen LogP contribution in [0, 0.1) is 17.0 Å². The van der Waals surface area contributed by atoms with E-state index in [4.69, 9.17) is 10.5 Å². The van der Waals surface area contributed by atoms with Crippen LogP contribution < -0.4 is 10.5 Å². The van der Waals surface area contributed by atoms with Gasteiger partial charge >= 0.3 is 11.6 Å². The molecule has 21 heavy (non-hydrogen) atoms. The molecule has 2 N–H and O–H groups in total. The number of nitrogens with zero attached hydrogens (tertiary/aromatic N) is 3. The van der Waals surface area contributed by atoms with Gasteiger partial charge in [-0.1, -0.05) is 6.07 Å². The van der Waals surface area contributed by atoms with Gasteiger partial charge in [0, 0.05) is 0 Å². The van der Waals surface area contributed by atoms with E-state index in [0.29, 0.717) is 5.75 Å². The predicted molar refractivity (Wildman–Crippen MR) is 76.4 cm³/mol. The van der Waals surface area contributed by atoms with E-state index in [1.807, 2.05) is 12.1 Å². The number of anilines is 1. The molecular weight excluding hydrogens is 272 g/mol. The Morgan fingerprint density at radius 3 is 2.81 bits per heavy atom. The molecule has 2 aromatic rings. The predicted octanol–water partition coefficient (Wildman–Crippen LogP) is 2.56. The first kappa shape index (κ1) is 13.3. The zero-order chi connectivity index (χ0) is 15.0. The molecule has 0 saturated heterocycles. The maximum absolute atomic E-state index is 11.1. The van der Waals surface area contributed by atoms with Crippen LogP contribution in [0.15, 0.2) is 18.2 Å². The zero-order valence-electron chi connectivity index (χ0n) is 11.5. The molecule has 0 saturated carbocycles. The minimum Gasteiger partial charge on any atom is -0.434 e. The molecule has 0 aliphatic heterocycles. The summed E-state index contributed by atoms with van der Waals surface area (Å²) in [5, 5.41) is 11.1. The summed E-state index contributed by atoms with van der Waals surface area (Å²) < 4.78 is 5.58. The van der Waals surface area contributed by atoms with E-state index in [1.54, 1.807) is 6.07 Å². The topological polar surface area (TPSA) is 104 Å². The molecule has 7 heteroatoms. The molecule has 108 valence electrons. The van der Waals surface area contributed by atoms with Crippen LogP contribution >= 0.6 is 0 Å². The van der Waals surface area contributed by atoms with Gasteiger partial charge in [0.15, 0.2) is 0 Å². The van der Waals surface area contributed by atoms with Crippen molar-refractivity contribution >= 4 is 11.6 Å². The number of rotatable bonds is 3. The van der Waals surface area contributed by atoms with E-state index in [9.17, 15) is 10.1 Å². The van der Waals surface area contributed by atoms with E-state index in [2.05, 4.69) is 9.97 Å². The molecule has 0 fully saturated rings. The second kappa shape index (κ2) is 5.01. The van der Waals surface area contributed by atoms with Gasteiger partial charge in [-0.3, -0.25) is 10.1 Å². The molecular formula is C14H14N4O3. The molecule has 3 rings (SSSR count). The Bertz CT molecular complexity index is 730. The molecule has 1 heterocycles. The summed E-state index contributed by atoms with van der Waals surface area (Å²) in [5.41, 5.74) is 7.99. The lowest BCUT2D eigenvalue weighted by molar-refractivity contribution is -0.386. The number of benzene rings is 1. The molecule has 0 bridgehead atoms. The van der Waals surface area contributed by atoms with E-state index in [0.717, 1.165) is 19.3 Å². The fourth-order valence-corrected chi connectivity index (χ4v) is 2.57. The molecule has 0 unspecified atom stereocenters. The molecule has 7 nitrogen and oxygen atoms in total. The van der Waals surface area contributed by atoms with Crippen LogP contribution in [0.1, 0.15) is 23.2 Å². The number of hydrogen-bond donors (Lipinski definition) is 1. The highest BCUT2D eigenvalue weighted by molar-refractivity contribution is 5.50. The zero-order valence-corrected chi connectivity index (χ0v) is 11.5. The Morgan fingerprint density at radius 2 is 2.05 bits per heavy atom. The highest BCUT2D eigenvalue weighted by atomic mass is 16.6. The fourth-order valence-electron chi connectivity index (χ4n) is 2.57. The van der Waals surface area contributed by atoms with Gasteiger partial charge in [0.1, 0.15) is 11.4 Å². The maximum Gasteiger partial charge on any atom is 0.352 e. The lowest BCUT2D eigenvalue weighted by atomic mass is 10.1. The number of aromatic nitrogens is 2. The Balaban J connectivity index is 1.99. The van der Waals surface area contributed by atoms with Crippen LogP contribution in [-0.4, -0.2) is 14.9 Å². The number of nitrogens with two attached hydrogens (primary N) is 1. The van der Waals surface area contributed by atoms with Crippen LogP contribution in [0.3, 0.4) is 0 Å². The van der Waals surface area contributed by atoms with Crippen molar-refractivity contribution in [2.24, 2.45) is 0 Å². The van der Waals surface area contributed by atoms with Gasteiger partial charge in [0.2, 0.25) is 5.95 Å². The van der Waals surface area contributed by atoms with Gasteiger partial charge in [-0.25, -0.2) is 4.98 Å². The van der Waals surface area contributed by atoms with Crippen molar-refractivity contribution < 1.29 is 9.66 Å². The lowest BCUT2D eigenvalue weighted by Gasteiger charge is -2.08. The van der Waals surface area contributed by atoms with Crippen LogP contribution in [-0.2, 0) is 12.8 Å². The third kappa shape index (κ3) is 2.49. The minimum absolute atomic E-state index is 0.0470. The Morgan fingerprint density at radius 1 is 1.29 bits per heavy atom. The van der Waals surface area contributed by atoms with Gasteiger partial charge in [0.25, 0.3) is 0 Å². The quantitative estimate of drug-likeness (QED) is 0.686. The molecule has 1 aromatic carbocycles. The van der Waals surface area contributed by atoms with Gasteiger partial charge in [0.05, 0.1) is 4.92 Å². The highest BCUT2D eigenvalue weighted by Gasteiger charge is 2.24.